The van der Waals surface area contributed by atoms with Gasteiger partial charge in [0, 0.05) is 26.8 Å². The summed E-state index contributed by atoms with van der Waals surface area (Å²) in [4.78, 5) is 9.08. The molecular formula is C23H15FN2O. The van der Waals surface area contributed by atoms with Crippen molar-refractivity contribution in [2.24, 2.45) is 0 Å². The van der Waals surface area contributed by atoms with Gasteiger partial charge in [-0.25, -0.2) is 9.37 Å². The van der Waals surface area contributed by atoms with E-state index in [1.807, 2.05) is 18.2 Å². The summed E-state index contributed by atoms with van der Waals surface area (Å²) in [5, 5.41) is 0.772. The van der Waals surface area contributed by atoms with Crippen molar-refractivity contribution < 1.29 is 12.9 Å². The highest BCUT2D eigenvalue weighted by Crippen LogP contribution is 2.35. The molecule has 0 saturated heterocycles. The van der Waals surface area contributed by atoms with Crippen molar-refractivity contribution in [3.8, 4) is 22.5 Å². The lowest BCUT2D eigenvalue weighted by Crippen LogP contribution is -1.96. The number of benzene rings is 2. The van der Waals surface area contributed by atoms with Gasteiger partial charge in [0.05, 0.1) is 11.4 Å². The van der Waals surface area contributed by atoms with E-state index in [1.165, 1.54) is 12.1 Å². The molecule has 0 atom stereocenters. The SMILES string of the molecule is [2H]C([2H])([2H])c1cc2oc3ccccc3c2nc1-c1ncccc1-c1ccccc1F. The van der Waals surface area contributed by atoms with Gasteiger partial charge in [-0.2, -0.15) is 0 Å². The van der Waals surface area contributed by atoms with Crippen LogP contribution in [0.4, 0.5) is 4.39 Å². The summed E-state index contributed by atoms with van der Waals surface area (Å²) in [5.74, 6) is -0.419. The predicted molar refractivity (Wildman–Crippen MR) is 105 cm³/mol. The molecule has 0 fully saturated rings. The molecule has 0 spiro atoms. The molecule has 3 heterocycles. The van der Waals surface area contributed by atoms with Crippen molar-refractivity contribution in [3.05, 3.63) is 84.3 Å². The van der Waals surface area contributed by atoms with Gasteiger partial charge in [-0.15, -0.1) is 0 Å². The van der Waals surface area contributed by atoms with Gasteiger partial charge in [-0.05, 0) is 42.7 Å². The first-order valence-corrected chi connectivity index (χ1v) is 8.46. The Morgan fingerprint density at radius 1 is 0.889 bits per heavy atom. The average Bonchev–Trinajstić information content (AvgIpc) is 3.10. The molecule has 27 heavy (non-hydrogen) atoms. The second-order valence-corrected chi connectivity index (χ2v) is 6.21. The van der Waals surface area contributed by atoms with Crippen molar-refractivity contribution in [2.45, 2.75) is 6.85 Å². The Bertz CT molecular complexity index is 1410. The number of aromatic nitrogens is 2. The van der Waals surface area contributed by atoms with Crippen LogP contribution >= 0.6 is 0 Å². The Morgan fingerprint density at radius 3 is 2.59 bits per heavy atom. The van der Waals surface area contributed by atoms with E-state index >= 15 is 0 Å². The second kappa shape index (κ2) is 6.02. The summed E-state index contributed by atoms with van der Waals surface area (Å²) in [6.45, 7) is -2.46. The van der Waals surface area contributed by atoms with E-state index in [2.05, 4.69) is 9.97 Å². The Labute approximate surface area is 159 Å². The highest BCUT2D eigenvalue weighted by Gasteiger charge is 2.17. The number of para-hydroxylation sites is 1. The molecule has 130 valence electrons. The molecule has 0 N–H and O–H groups in total. The predicted octanol–water partition coefficient (Wildman–Crippen LogP) is 6.16. The molecule has 3 aromatic heterocycles. The average molecular weight is 357 g/mol. The molecule has 5 aromatic rings. The van der Waals surface area contributed by atoms with Crippen LogP contribution in [0.1, 0.15) is 9.68 Å². The van der Waals surface area contributed by atoms with Gasteiger partial charge < -0.3 is 4.42 Å². The topological polar surface area (TPSA) is 38.9 Å². The van der Waals surface area contributed by atoms with Gasteiger partial charge in [0.1, 0.15) is 16.9 Å². The molecule has 5 rings (SSSR count). The molecule has 0 aliphatic heterocycles. The number of pyridine rings is 2. The van der Waals surface area contributed by atoms with E-state index in [1.54, 1.807) is 42.6 Å². The number of hydrogen-bond acceptors (Lipinski definition) is 3. The first-order valence-electron chi connectivity index (χ1n) is 9.96. The number of furan rings is 1. The first kappa shape index (κ1) is 12.8. The molecule has 0 aliphatic carbocycles. The fourth-order valence-electron chi connectivity index (χ4n) is 3.31. The Morgan fingerprint density at radius 2 is 1.70 bits per heavy atom. The maximum absolute atomic E-state index is 14.5. The van der Waals surface area contributed by atoms with E-state index in [0.29, 0.717) is 33.5 Å². The summed E-state index contributed by atoms with van der Waals surface area (Å²) < 4.78 is 44.5. The van der Waals surface area contributed by atoms with Crippen LogP contribution in [0.15, 0.2) is 77.3 Å². The Kier molecular flexibility index (Phi) is 2.85. The molecule has 0 bridgehead atoms. The Balaban J connectivity index is 1.87. The lowest BCUT2D eigenvalue weighted by Gasteiger charge is -2.11. The quantitative estimate of drug-likeness (QED) is 0.380. The lowest BCUT2D eigenvalue weighted by molar-refractivity contribution is 0.631. The zero-order valence-electron chi connectivity index (χ0n) is 17.1. The van der Waals surface area contributed by atoms with E-state index < -0.39 is 12.7 Å². The summed E-state index contributed by atoms with van der Waals surface area (Å²) in [5.41, 5.74) is 2.84. The minimum Gasteiger partial charge on any atom is -0.454 e. The number of rotatable bonds is 2. The molecule has 2 aromatic carbocycles. The Hall–Kier alpha value is -3.53. The van der Waals surface area contributed by atoms with Gasteiger partial charge in [0.15, 0.2) is 5.58 Å². The molecule has 0 amide bonds. The van der Waals surface area contributed by atoms with Crippen LogP contribution in [0, 0.1) is 12.7 Å². The molecule has 0 unspecified atom stereocenters. The van der Waals surface area contributed by atoms with Crippen molar-refractivity contribution in [1.29, 1.82) is 0 Å². The number of nitrogens with zero attached hydrogens (tertiary/aromatic N) is 2. The monoisotopic (exact) mass is 357 g/mol. The van der Waals surface area contributed by atoms with Crippen molar-refractivity contribution in [1.82, 2.24) is 9.97 Å². The van der Waals surface area contributed by atoms with Gasteiger partial charge in [0.25, 0.3) is 0 Å². The summed E-state index contributed by atoms with van der Waals surface area (Å²) in [6.07, 6.45) is 1.54. The highest BCUT2D eigenvalue weighted by atomic mass is 19.1. The highest BCUT2D eigenvalue weighted by molar-refractivity contribution is 6.03. The molecule has 3 nitrogen and oxygen atoms in total. The lowest BCUT2D eigenvalue weighted by atomic mass is 9.99. The standard InChI is InChI=1S/C23H15FN2O/c1-14-13-20-22(17-8-3-5-11-19(17)27-20)26-21(14)23-16(9-6-12-25-23)15-7-2-4-10-18(15)24/h2-13H,1H3/i1D3. The largest absolute Gasteiger partial charge is 0.454 e. The second-order valence-electron chi connectivity index (χ2n) is 6.21. The zero-order valence-corrected chi connectivity index (χ0v) is 14.1. The first-order chi connectivity index (χ1) is 14.4. The van der Waals surface area contributed by atoms with Crippen molar-refractivity contribution in [3.63, 3.8) is 0 Å². The molecular weight excluding hydrogens is 339 g/mol. The van der Waals surface area contributed by atoms with Crippen molar-refractivity contribution in [2.75, 3.05) is 0 Å². The number of fused-ring (bicyclic) bond motifs is 3. The summed E-state index contributed by atoms with van der Waals surface area (Å²) in [7, 11) is 0. The molecule has 0 saturated carbocycles. The van der Waals surface area contributed by atoms with Crippen LogP contribution < -0.4 is 0 Å². The van der Waals surface area contributed by atoms with Gasteiger partial charge in [-0.3, -0.25) is 4.98 Å². The third-order valence-electron chi connectivity index (χ3n) is 4.55. The van der Waals surface area contributed by atoms with Gasteiger partial charge >= 0.3 is 0 Å². The van der Waals surface area contributed by atoms with Crippen LogP contribution in [0.2, 0.25) is 0 Å². The van der Waals surface area contributed by atoms with E-state index in [-0.39, 0.29) is 11.3 Å². The van der Waals surface area contributed by atoms with Crippen LogP contribution in [0.25, 0.3) is 44.6 Å². The van der Waals surface area contributed by atoms with E-state index in [0.717, 1.165) is 5.39 Å². The van der Waals surface area contributed by atoms with E-state index in [4.69, 9.17) is 8.53 Å². The van der Waals surface area contributed by atoms with Crippen LogP contribution in [0.3, 0.4) is 0 Å². The molecule has 0 aliphatic rings. The van der Waals surface area contributed by atoms with Crippen LogP contribution in [0.5, 0.6) is 0 Å². The summed E-state index contributed by atoms with van der Waals surface area (Å²) >= 11 is 0. The minimum absolute atomic E-state index is 0.00495. The molecule has 0 radical (unpaired) electrons. The van der Waals surface area contributed by atoms with Gasteiger partial charge in [0.2, 0.25) is 0 Å². The molecule has 4 heteroatoms. The fourth-order valence-corrected chi connectivity index (χ4v) is 3.31. The van der Waals surface area contributed by atoms with Crippen LogP contribution in [-0.4, -0.2) is 9.97 Å². The number of halogens is 1. The smallest absolute Gasteiger partial charge is 0.154 e. The van der Waals surface area contributed by atoms with E-state index in [9.17, 15) is 4.39 Å². The van der Waals surface area contributed by atoms with Gasteiger partial charge in [-0.1, -0.05) is 36.4 Å². The fraction of sp³-hybridized carbons (Fsp3) is 0.0435. The van der Waals surface area contributed by atoms with Crippen LogP contribution in [-0.2, 0) is 0 Å². The maximum atomic E-state index is 14.5. The zero-order chi connectivity index (χ0) is 20.9. The summed E-state index contributed by atoms with van der Waals surface area (Å²) in [6, 6.07) is 18.6. The minimum atomic E-state index is -2.46. The number of hydrogen-bond donors (Lipinski definition) is 0. The number of aryl methyl sites for hydroxylation is 1. The van der Waals surface area contributed by atoms with Crippen molar-refractivity contribution >= 4 is 22.1 Å². The third-order valence-corrected chi connectivity index (χ3v) is 4.55. The third kappa shape index (κ3) is 2.49. The maximum Gasteiger partial charge on any atom is 0.154 e. The normalized spacial score (nSPS) is 13.4.